The van der Waals surface area contributed by atoms with Crippen LogP contribution >= 0.6 is 22.9 Å². The Morgan fingerprint density at radius 3 is 2.47 bits per heavy atom. The number of hydrogen-bond acceptors (Lipinski definition) is 2. The van der Waals surface area contributed by atoms with E-state index in [0.717, 1.165) is 17.2 Å². The Kier molecular flexibility index (Phi) is 4.55. The quantitative estimate of drug-likeness (QED) is 0.808. The van der Waals surface area contributed by atoms with Crippen LogP contribution in [0.25, 0.3) is 0 Å². The highest BCUT2D eigenvalue weighted by Gasteiger charge is 2.20. The molecule has 0 aliphatic rings. The van der Waals surface area contributed by atoms with Crippen molar-refractivity contribution >= 4 is 22.9 Å². The zero-order valence-corrected chi connectivity index (χ0v) is 12.2. The fraction of sp³-hybridized carbons (Fsp3) is 0.286. The Bertz CT molecular complexity index is 583. The number of rotatable bonds is 4. The smallest absolute Gasteiger partial charge is 0.160 e. The topological polar surface area (TPSA) is 12.0 Å². The van der Waals surface area contributed by atoms with Crippen LogP contribution in [0.2, 0.25) is 5.02 Å². The highest BCUT2D eigenvalue weighted by molar-refractivity contribution is 7.08. The van der Waals surface area contributed by atoms with Gasteiger partial charge in [0, 0.05) is 5.02 Å². The fourth-order valence-electron chi connectivity index (χ4n) is 2.02. The van der Waals surface area contributed by atoms with Crippen LogP contribution in [-0.4, -0.2) is 6.54 Å². The molecule has 0 aliphatic heterocycles. The van der Waals surface area contributed by atoms with E-state index in [2.05, 4.69) is 5.32 Å². The Morgan fingerprint density at radius 2 is 1.89 bits per heavy atom. The van der Waals surface area contributed by atoms with Crippen LogP contribution in [0.4, 0.5) is 8.78 Å². The van der Waals surface area contributed by atoms with E-state index in [4.69, 9.17) is 11.6 Å². The molecule has 1 N–H and O–H groups in total. The molecule has 1 aromatic heterocycles. The van der Waals surface area contributed by atoms with Gasteiger partial charge in [-0.25, -0.2) is 8.78 Å². The summed E-state index contributed by atoms with van der Waals surface area (Å²) in [5.74, 6) is -1.80. The van der Waals surface area contributed by atoms with Crippen LogP contribution in [0.15, 0.2) is 22.9 Å². The molecule has 0 saturated carbocycles. The Morgan fingerprint density at radius 1 is 1.21 bits per heavy atom. The number of halogens is 3. The molecule has 2 rings (SSSR count). The molecule has 0 saturated heterocycles. The van der Waals surface area contributed by atoms with E-state index in [-0.39, 0.29) is 11.1 Å². The monoisotopic (exact) mass is 301 g/mol. The summed E-state index contributed by atoms with van der Waals surface area (Å²) in [6.07, 6.45) is 0. The van der Waals surface area contributed by atoms with Crippen molar-refractivity contribution < 1.29 is 8.78 Å². The van der Waals surface area contributed by atoms with E-state index >= 15 is 0 Å². The highest BCUT2D eigenvalue weighted by Crippen LogP contribution is 2.33. The standard InChI is InChI=1S/C14H14ClF2NS/c1-3-18-14(10-7-19-6-8(10)2)9-4-12(16)13(17)5-11(9)15/h4-7,14,18H,3H2,1-2H3. The van der Waals surface area contributed by atoms with Crippen molar-refractivity contribution in [1.82, 2.24) is 5.32 Å². The van der Waals surface area contributed by atoms with Gasteiger partial charge in [-0.1, -0.05) is 18.5 Å². The van der Waals surface area contributed by atoms with E-state index in [1.54, 1.807) is 11.3 Å². The van der Waals surface area contributed by atoms with Crippen LogP contribution < -0.4 is 5.32 Å². The van der Waals surface area contributed by atoms with Crippen molar-refractivity contribution in [2.75, 3.05) is 6.54 Å². The summed E-state index contributed by atoms with van der Waals surface area (Å²) in [6, 6.07) is 1.97. The lowest BCUT2D eigenvalue weighted by Gasteiger charge is -2.20. The van der Waals surface area contributed by atoms with Gasteiger partial charge < -0.3 is 5.32 Å². The Hall–Kier alpha value is -0.970. The first kappa shape index (κ1) is 14.4. The molecule has 0 aliphatic carbocycles. The van der Waals surface area contributed by atoms with Gasteiger partial charge in [0.1, 0.15) is 0 Å². The molecule has 2 aromatic rings. The molecule has 0 bridgehead atoms. The number of benzene rings is 1. The maximum atomic E-state index is 13.4. The van der Waals surface area contributed by atoms with Gasteiger partial charge in [-0.15, -0.1) is 0 Å². The van der Waals surface area contributed by atoms with E-state index in [9.17, 15) is 8.78 Å². The van der Waals surface area contributed by atoms with E-state index < -0.39 is 11.6 Å². The van der Waals surface area contributed by atoms with Crippen LogP contribution in [-0.2, 0) is 0 Å². The normalized spacial score (nSPS) is 12.7. The average Bonchev–Trinajstić information content (AvgIpc) is 2.77. The minimum atomic E-state index is -0.925. The van der Waals surface area contributed by atoms with Gasteiger partial charge in [0.2, 0.25) is 0 Å². The van der Waals surface area contributed by atoms with Crippen LogP contribution in [0.5, 0.6) is 0 Å². The van der Waals surface area contributed by atoms with Crippen LogP contribution in [0.1, 0.15) is 29.7 Å². The minimum Gasteiger partial charge on any atom is -0.306 e. The summed E-state index contributed by atoms with van der Waals surface area (Å²) in [4.78, 5) is 0. The summed E-state index contributed by atoms with van der Waals surface area (Å²) in [7, 11) is 0. The molecule has 1 atom stereocenters. The lowest BCUT2D eigenvalue weighted by atomic mass is 9.98. The summed E-state index contributed by atoms with van der Waals surface area (Å²) in [5.41, 5.74) is 2.71. The number of hydrogen-bond donors (Lipinski definition) is 1. The molecule has 0 amide bonds. The van der Waals surface area contributed by atoms with Gasteiger partial charge in [-0.05, 0) is 53.1 Å². The second-order valence-corrected chi connectivity index (χ2v) is 5.44. The van der Waals surface area contributed by atoms with E-state index in [1.165, 1.54) is 6.07 Å². The second kappa shape index (κ2) is 5.99. The first-order valence-corrected chi connectivity index (χ1v) is 7.27. The van der Waals surface area contributed by atoms with Gasteiger partial charge in [0.25, 0.3) is 0 Å². The molecule has 1 nitrogen and oxygen atoms in total. The first-order chi connectivity index (χ1) is 9.04. The highest BCUT2D eigenvalue weighted by atomic mass is 35.5. The Labute approximate surface area is 120 Å². The van der Waals surface area contributed by atoms with Gasteiger partial charge in [-0.2, -0.15) is 11.3 Å². The molecule has 0 radical (unpaired) electrons. The average molecular weight is 302 g/mol. The lowest BCUT2D eigenvalue weighted by Crippen LogP contribution is -2.22. The van der Waals surface area contributed by atoms with Crippen molar-refractivity contribution in [3.05, 3.63) is 56.2 Å². The molecule has 19 heavy (non-hydrogen) atoms. The zero-order chi connectivity index (χ0) is 14.0. The summed E-state index contributed by atoms with van der Waals surface area (Å²) in [6.45, 7) is 4.65. The van der Waals surface area contributed by atoms with Crippen molar-refractivity contribution in [2.24, 2.45) is 0 Å². The van der Waals surface area contributed by atoms with Crippen LogP contribution in [0, 0.1) is 18.6 Å². The van der Waals surface area contributed by atoms with Crippen molar-refractivity contribution in [2.45, 2.75) is 19.9 Å². The van der Waals surface area contributed by atoms with Gasteiger partial charge >= 0.3 is 0 Å². The third-order valence-electron chi connectivity index (χ3n) is 2.97. The molecule has 1 aromatic carbocycles. The molecular weight excluding hydrogens is 288 g/mol. The van der Waals surface area contributed by atoms with Crippen molar-refractivity contribution in [3.8, 4) is 0 Å². The summed E-state index contributed by atoms with van der Waals surface area (Å²) in [5, 5.41) is 7.52. The SMILES string of the molecule is CCNC(c1cscc1C)c1cc(F)c(F)cc1Cl. The Balaban J connectivity index is 2.51. The third-order valence-corrected chi connectivity index (χ3v) is 4.17. The number of aryl methyl sites for hydroxylation is 1. The summed E-state index contributed by atoms with van der Waals surface area (Å²) < 4.78 is 26.6. The van der Waals surface area contributed by atoms with E-state index in [0.29, 0.717) is 12.1 Å². The molecular formula is C14H14ClF2NS. The lowest BCUT2D eigenvalue weighted by molar-refractivity contribution is 0.504. The molecule has 5 heteroatoms. The van der Waals surface area contributed by atoms with Gasteiger partial charge in [-0.3, -0.25) is 0 Å². The molecule has 0 spiro atoms. The fourth-order valence-corrected chi connectivity index (χ4v) is 3.15. The predicted molar refractivity (Wildman–Crippen MR) is 75.9 cm³/mol. The zero-order valence-electron chi connectivity index (χ0n) is 10.6. The molecule has 0 fully saturated rings. The maximum Gasteiger partial charge on any atom is 0.160 e. The van der Waals surface area contributed by atoms with Crippen molar-refractivity contribution in [3.63, 3.8) is 0 Å². The summed E-state index contributed by atoms with van der Waals surface area (Å²) >= 11 is 7.64. The van der Waals surface area contributed by atoms with Crippen LogP contribution in [0.3, 0.4) is 0 Å². The van der Waals surface area contributed by atoms with Gasteiger partial charge in [0.05, 0.1) is 6.04 Å². The third kappa shape index (κ3) is 2.96. The van der Waals surface area contributed by atoms with Gasteiger partial charge in [0.15, 0.2) is 11.6 Å². The predicted octanol–water partition coefficient (Wildman–Crippen LogP) is 4.69. The maximum absolute atomic E-state index is 13.4. The van der Waals surface area contributed by atoms with Crippen molar-refractivity contribution in [1.29, 1.82) is 0 Å². The molecule has 1 heterocycles. The number of thiophene rings is 1. The van der Waals surface area contributed by atoms with E-state index in [1.807, 2.05) is 24.6 Å². The molecule has 1 unspecified atom stereocenters. The minimum absolute atomic E-state index is 0.223. The second-order valence-electron chi connectivity index (χ2n) is 4.29. The number of nitrogens with one attached hydrogen (secondary N) is 1. The largest absolute Gasteiger partial charge is 0.306 e. The first-order valence-electron chi connectivity index (χ1n) is 5.95. The molecule has 102 valence electrons.